The fourth-order valence-corrected chi connectivity index (χ4v) is 2.82. The van der Waals surface area contributed by atoms with Crippen molar-refractivity contribution in [3.05, 3.63) is 65.2 Å². The topological polar surface area (TPSA) is 78.5 Å². The third-order valence-corrected chi connectivity index (χ3v) is 4.03. The van der Waals surface area contributed by atoms with Gasteiger partial charge in [0.1, 0.15) is 12.6 Å². The van der Waals surface area contributed by atoms with Gasteiger partial charge in [0, 0.05) is 17.1 Å². The Hall–Kier alpha value is -2.86. The molecular formula is C18H16ClN3O3. The normalized spacial score (nSPS) is 16.7. The van der Waals surface area contributed by atoms with E-state index in [-0.39, 0.29) is 6.54 Å². The summed E-state index contributed by atoms with van der Waals surface area (Å²) >= 11 is 5.86. The number of halogens is 1. The summed E-state index contributed by atoms with van der Waals surface area (Å²) in [7, 11) is 0. The Kier molecular flexibility index (Phi) is 5.00. The van der Waals surface area contributed by atoms with E-state index in [1.807, 2.05) is 30.3 Å². The summed E-state index contributed by atoms with van der Waals surface area (Å²) in [4.78, 5) is 37.5. The maximum atomic E-state index is 12.4. The Balaban J connectivity index is 1.61. The maximum absolute atomic E-state index is 12.4. The van der Waals surface area contributed by atoms with Crippen LogP contribution in [0.3, 0.4) is 0 Å². The number of nitrogens with one attached hydrogen (secondary N) is 2. The lowest BCUT2D eigenvalue weighted by atomic mass is 10.1. The van der Waals surface area contributed by atoms with Crippen molar-refractivity contribution in [2.45, 2.75) is 12.5 Å². The molecule has 0 spiro atoms. The standard InChI is InChI=1S/C18H16ClN3O3/c19-13-7-4-8-14(10-13)20-16(23)11-22-17(24)15(21-18(22)25)9-12-5-2-1-3-6-12/h1-8,10,15H,9,11H2,(H,20,23)(H,21,25). The lowest BCUT2D eigenvalue weighted by Gasteiger charge is -2.13. The molecule has 1 unspecified atom stereocenters. The second kappa shape index (κ2) is 7.36. The number of anilines is 1. The second-order valence-corrected chi connectivity index (χ2v) is 6.11. The van der Waals surface area contributed by atoms with E-state index >= 15 is 0 Å². The first kappa shape index (κ1) is 17.0. The van der Waals surface area contributed by atoms with Crippen LogP contribution in [0.15, 0.2) is 54.6 Å². The van der Waals surface area contributed by atoms with Crippen molar-refractivity contribution in [1.29, 1.82) is 0 Å². The molecule has 0 bridgehead atoms. The van der Waals surface area contributed by atoms with E-state index < -0.39 is 23.9 Å². The molecule has 25 heavy (non-hydrogen) atoms. The molecule has 2 aromatic rings. The van der Waals surface area contributed by atoms with Crippen LogP contribution in [0.1, 0.15) is 5.56 Å². The number of rotatable bonds is 5. The molecule has 1 fully saturated rings. The molecule has 128 valence electrons. The molecule has 4 amide bonds. The Morgan fingerprint density at radius 1 is 1.12 bits per heavy atom. The van der Waals surface area contributed by atoms with Gasteiger partial charge in [0.05, 0.1) is 0 Å². The van der Waals surface area contributed by atoms with Crippen LogP contribution < -0.4 is 10.6 Å². The van der Waals surface area contributed by atoms with Gasteiger partial charge in [-0.3, -0.25) is 14.5 Å². The molecule has 1 heterocycles. The van der Waals surface area contributed by atoms with Gasteiger partial charge in [-0.1, -0.05) is 48.0 Å². The molecule has 2 N–H and O–H groups in total. The van der Waals surface area contributed by atoms with Gasteiger partial charge in [0.15, 0.2) is 0 Å². The minimum Gasteiger partial charge on any atom is -0.325 e. The first-order valence-corrected chi connectivity index (χ1v) is 8.12. The van der Waals surface area contributed by atoms with Gasteiger partial charge in [0.2, 0.25) is 5.91 Å². The van der Waals surface area contributed by atoms with E-state index in [9.17, 15) is 14.4 Å². The average molecular weight is 358 g/mol. The van der Waals surface area contributed by atoms with Gasteiger partial charge in [-0.05, 0) is 23.8 Å². The summed E-state index contributed by atoms with van der Waals surface area (Å²) < 4.78 is 0. The Labute approximate surface area is 149 Å². The highest BCUT2D eigenvalue weighted by atomic mass is 35.5. The van der Waals surface area contributed by atoms with Crippen LogP contribution in [0.4, 0.5) is 10.5 Å². The van der Waals surface area contributed by atoms with E-state index in [1.165, 1.54) is 0 Å². The summed E-state index contributed by atoms with van der Waals surface area (Å²) in [5.41, 5.74) is 1.44. The monoisotopic (exact) mass is 357 g/mol. The van der Waals surface area contributed by atoms with Crippen LogP contribution in [-0.4, -0.2) is 35.3 Å². The number of imide groups is 1. The van der Waals surface area contributed by atoms with E-state index in [0.717, 1.165) is 10.5 Å². The molecule has 0 aliphatic carbocycles. The van der Waals surface area contributed by atoms with E-state index in [2.05, 4.69) is 10.6 Å². The zero-order chi connectivity index (χ0) is 17.8. The maximum Gasteiger partial charge on any atom is 0.325 e. The number of amides is 4. The van der Waals surface area contributed by atoms with Crippen molar-refractivity contribution >= 4 is 35.1 Å². The Morgan fingerprint density at radius 3 is 2.60 bits per heavy atom. The van der Waals surface area contributed by atoms with Crippen molar-refractivity contribution in [1.82, 2.24) is 10.2 Å². The molecule has 0 saturated carbocycles. The zero-order valence-electron chi connectivity index (χ0n) is 13.2. The largest absolute Gasteiger partial charge is 0.325 e. The molecule has 0 radical (unpaired) electrons. The fraction of sp³-hybridized carbons (Fsp3) is 0.167. The molecule has 6 nitrogen and oxygen atoms in total. The van der Waals surface area contributed by atoms with Gasteiger partial charge in [-0.2, -0.15) is 0 Å². The van der Waals surface area contributed by atoms with Crippen molar-refractivity contribution in [2.75, 3.05) is 11.9 Å². The van der Waals surface area contributed by atoms with Crippen LogP contribution in [0, 0.1) is 0 Å². The Bertz CT molecular complexity index is 810. The number of benzene rings is 2. The van der Waals surface area contributed by atoms with Crippen LogP contribution in [0.25, 0.3) is 0 Å². The summed E-state index contributed by atoms with van der Waals surface area (Å²) in [6, 6.07) is 14.8. The third kappa shape index (κ3) is 4.16. The number of carbonyl (C=O) groups excluding carboxylic acids is 3. The minimum atomic E-state index is -0.658. The first-order valence-electron chi connectivity index (χ1n) is 7.74. The van der Waals surface area contributed by atoms with Crippen molar-refractivity contribution in [3.63, 3.8) is 0 Å². The summed E-state index contributed by atoms with van der Waals surface area (Å²) in [5, 5.41) is 5.72. The van der Waals surface area contributed by atoms with Gasteiger partial charge in [-0.25, -0.2) is 4.79 Å². The van der Waals surface area contributed by atoms with Crippen molar-refractivity contribution in [2.24, 2.45) is 0 Å². The van der Waals surface area contributed by atoms with E-state index in [0.29, 0.717) is 17.1 Å². The molecular weight excluding hydrogens is 342 g/mol. The lowest BCUT2D eigenvalue weighted by Crippen LogP contribution is -2.38. The number of nitrogens with zero attached hydrogens (tertiary/aromatic N) is 1. The predicted molar refractivity (Wildman–Crippen MR) is 94.3 cm³/mol. The van der Waals surface area contributed by atoms with Gasteiger partial charge in [-0.15, -0.1) is 0 Å². The minimum absolute atomic E-state index is 0.345. The summed E-state index contributed by atoms with van der Waals surface area (Å²) in [6.45, 7) is -0.345. The first-order chi connectivity index (χ1) is 12.0. The quantitative estimate of drug-likeness (QED) is 0.807. The number of urea groups is 1. The highest BCUT2D eigenvalue weighted by molar-refractivity contribution is 6.30. The van der Waals surface area contributed by atoms with E-state index in [1.54, 1.807) is 24.3 Å². The summed E-state index contributed by atoms with van der Waals surface area (Å²) in [6.07, 6.45) is 0.387. The zero-order valence-corrected chi connectivity index (χ0v) is 14.0. The van der Waals surface area contributed by atoms with Gasteiger partial charge in [0.25, 0.3) is 5.91 Å². The van der Waals surface area contributed by atoms with Crippen LogP contribution in [-0.2, 0) is 16.0 Å². The highest BCUT2D eigenvalue weighted by Crippen LogP contribution is 2.16. The fourth-order valence-electron chi connectivity index (χ4n) is 2.63. The van der Waals surface area contributed by atoms with Gasteiger partial charge < -0.3 is 10.6 Å². The molecule has 1 atom stereocenters. The second-order valence-electron chi connectivity index (χ2n) is 5.67. The summed E-state index contributed by atoms with van der Waals surface area (Å²) in [5.74, 6) is -0.874. The van der Waals surface area contributed by atoms with Crippen LogP contribution in [0.5, 0.6) is 0 Å². The molecule has 1 saturated heterocycles. The van der Waals surface area contributed by atoms with E-state index in [4.69, 9.17) is 11.6 Å². The molecule has 1 aliphatic heterocycles. The Morgan fingerprint density at radius 2 is 1.88 bits per heavy atom. The van der Waals surface area contributed by atoms with Crippen molar-refractivity contribution < 1.29 is 14.4 Å². The highest BCUT2D eigenvalue weighted by Gasteiger charge is 2.38. The average Bonchev–Trinajstić information content (AvgIpc) is 2.83. The molecule has 0 aromatic heterocycles. The van der Waals surface area contributed by atoms with Gasteiger partial charge >= 0.3 is 6.03 Å². The number of carbonyl (C=O) groups is 3. The van der Waals surface area contributed by atoms with Crippen molar-refractivity contribution in [3.8, 4) is 0 Å². The molecule has 3 rings (SSSR count). The predicted octanol–water partition coefficient (Wildman–Crippen LogP) is 2.44. The van der Waals surface area contributed by atoms with Crippen LogP contribution >= 0.6 is 11.6 Å². The SMILES string of the molecule is O=C(CN1C(=O)NC(Cc2ccccc2)C1=O)Nc1cccc(Cl)c1. The molecule has 2 aromatic carbocycles. The smallest absolute Gasteiger partial charge is 0.325 e. The lowest BCUT2D eigenvalue weighted by molar-refractivity contribution is -0.130. The molecule has 1 aliphatic rings. The molecule has 7 heteroatoms. The van der Waals surface area contributed by atoms with Crippen LogP contribution in [0.2, 0.25) is 5.02 Å². The number of hydrogen-bond donors (Lipinski definition) is 2. The number of hydrogen-bond acceptors (Lipinski definition) is 3. The third-order valence-electron chi connectivity index (χ3n) is 3.80.